The minimum Gasteiger partial charge on any atom is -0.443 e. The van der Waals surface area contributed by atoms with Gasteiger partial charge in [0.1, 0.15) is 11.5 Å². The predicted octanol–water partition coefficient (Wildman–Crippen LogP) is 2.28. The van der Waals surface area contributed by atoms with Crippen LogP contribution in [-0.2, 0) is 5.41 Å². The van der Waals surface area contributed by atoms with Gasteiger partial charge >= 0.3 is 0 Å². The van der Waals surface area contributed by atoms with Gasteiger partial charge in [-0.1, -0.05) is 20.8 Å². The van der Waals surface area contributed by atoms with Gasteiger partial charge in [0.05, 0.1) is 18.4 Å². The van der Waals surface area contributed by atoms with Crippen molar-refractivity contribution in [3.8, 4) is 0 Å². The molecule has 1 aliphatic heterocycles. The molecule has 134 valence electrons. The molecule has 0 saturated carbocycles. The molecule has 3 heterocycles. The maximum atomic E-state index is 12.4. The average Bonchev–Trinajstić information content (AvgIpc) is 3.12. The molecule has 1 aliphatic rings. The Balaban J connectivity index is 1.60. The van der Waals surface area contributed by atoms with Gasteiger partial charge in [-0.15, -0.1) is 0 Å². The molecule has 3 rings (SSSR count). The number of amides is 1. The molecule has 25 heavy (non-hydrogen) atoms. The summed E-state index contributed by atoms with van der Waals surface area (Å²) in [6, 6.07) is 0.0878. The van der Waals surface area contributed by atoms with Crippen LogP contribution < -0.4 is 0 Å². The summed E-state index contributed by atoms with van der Waals surface area (Å²) in [6.45, 7) is 11.3. The van der Waals surface area contributed by atoms with Gasteiger partial charge in [-0.05, 0) is 6.92 Å². The van der Waals surface area contributed by atoms with Crippen LogP contribution in [0, 0.1) is 0 Å². The van der Waals surface area contributed by atoms with E-state index in [1.165, 1.54) is 6.20 Å². The van der Waals surface area contributed by atoms with Gasteiger partial charge in [-0.25, -0.2) is 9.97 Å². The van der Waals surface area contributed by atoms with Crippen LogP contribution in [0.4, 0.5) is 0 Å². The van der Waals surface area contributed by atoms with Gasteiger partial charge in [0, 0.05) is 44.0 Å². The van der Waals surface area contributed by atoms with Gasteiger partial charge < -0.3 is 9.32 Å². The molecule has 0 unspecified atom stereocenters. The number of nitrogens with zero attached hydrogens (tertiary/aromatic N) is 5. The van der Waals surface area contributed by atoms with Crippen molar-refractivity contribution >= 4 is 5.91 Å². The minimum atomic E-state index is -0.0634. The fraction of sp³-hybridized carbons (Fsp3) is 0.556. The zero-order valence-corrected chi connectivity index (χ0v) is 15.3. The van der Waals surface area contributed by atoms with Gasteiger partial charge in [0.15, 0.2) is 0 Å². The van der Waals surface area contributed by atoms with Crippen molar-refractivity contribution in [3.05, 3.63) is 42.1 Å². The zero-order chi connectivity index (χ0) is 18.0. The summed E-state index contributed by atoms with van der Waals surface area (Å²) in [5.41, 5.74) is 0.346. The molecule has 1 atom stereocenters. The van der Waals surface area contributed by atoms with Crippen LogP contribution in [0.25, 0.3) is 0 Å². The molecule has 0 spiro atoms. The van der Waals surface area contributed by atoms with E-state index in [0.29, 0.717) is 18.8 Å². The third-order valence-corrected chi connectivity index (χ3v) is 4.55. The number of aromatic nitrogens is 3. The van der Waals surface area contributed by atoms with E-state index in [-0.39, 0.29) is 17.4 Å². The molecule has 2 aromatic heterocycles. The summed E-state index contributed by atoms with van der Waals surface area (Å²) in [5.74, 6) is 1.57. The molecule has 0 aromatic carbocycles. The molecule has 0 bridgehead atoms. The minimum absolute atomic E-state index is 0.0488. The second kappa shape index (κ2) is 6.92. The van der Waals surface area contributed by atoms with Crippen LogP contribution in [0.5, 0.6) is 0 Å². The van der Waals surface area contributed by atoms with Crippen LogP contribution in [-0.4, -0.2) is 56.8 Å². The van der Waals surface area contributed by atoms with E-state index in [1.54, 1.807) is 12.4 Å². The lowest BCUT2D eigenvalue weighted by atomic mass is 9.94. The Kier molecular flexibility index (Phi) is 4.85. The van der Waals surface area contributed by atoms with Crippen molar-refractivity contribution in [2.75, 3.05) is 26.2 Å². The first-order valence-electron chi connectivity index (χ1n) is 8.62. The third-order valence-electron chi connectivity index (χ3n) is 4.55. The summed E-state index contributed by atoms with van der Waals surface area (Å²) in [4.78, 5) is 29.1. The zero-order valence-electron chi connectivity index (χ0n) is 15.3. The van der Waals surface area contributed by atoms with Crippen LogP contribution in [0.1, 0.15) is 55.9 Å². The Labute approximate surface area is 148 Å². The molecule has 1 fully saturated rings. The van der Waals surface area contributed by atoms with Gasteiger partial charge in [0.25, 0.3) is 5.91 Å². The highest BCUT2D eigenvalue weighted by Crippen LogP contribution is 2.27. The standard InChI is InChI=1S/C18H25N5O2/c1-13(16-21-12-15(25-16)18(2,3)4)22-7-9-23(10-8-22)17(24)14-11-19-5-6-20-14/h5-6,11-13H,7-10H2,1-4H3/t13-/m0/s1. The fourth-order valence-corrected chi connectivity index (χ4v) is 2.87. The van der Waals surface area contributed by atoms with Crippen LogP contribution in [0.15, 0.2) is 29.2 Å². The third kappa shape index (κ3) is 3.87. The van der Waals surface area contributed by atoms with Crippen LogP contribution in [0.2, 0.25) is 0 Å². The quantitative estimate of drug-likeness (QED) is 0.851. The topological polar surface area (TPSA) is 75.4 Å². The molecule has 0 N–H and O–H groups in total. The molecule has 0 aliphatic carbocycles. The first-order chi connectivity index (χ1) is 11.9. The van der Waals surface area contributed by atoms with E-state index in [0.717, 1.165) is 24.7 Å². The van der Waals surface area contributed by atoms with E-state index in [9.17, 15) is 4.79 Å². The van der Waals surface area contributed by atoms with Crippen molar-refractivity contribution in [1.82, 2.24) is 24.8 Å². The lowest BCUT2D eigenvalue weighted by Gasteiger charge is -2.36. The fourth-order valence-electron chi connectivity index (χ4n) is 2.87. The largest absolute Gasteiger partial charge is 0.443 e. The van der Waals surface area contributed by atoms with E-state index in [1.807, 2.05) is 11.1 Å². The highest BCUT2D eigenvalue weighted by Gasteiger charge is 2.29. The number of piperazine rings is 1. The smallest absolute Gasteiger partial charge is 0.274 e. The van der Waals surface area contributed by atoms with E-state index in [4.69, 9.17) is 4.42 Å². The maximum absolute atomic E-state index is 12.4. The first kappa shape index (κ1) is 17.5. The van der Waals surface area contributed by atoms with Crippen molar-refractivity contribution in [2.45, 2.75) is 39.2 Å². The Bertz CT molecular complexity index is 715. The van der Waals surface area contributed by atoms with Crippen molar-refractivity contribution in [1.29, 1.82) is 0 Å². The SMILES string of the molecule is C[C@@H](c1ncc(C(C)(C)C)o1)N1CCN(C(=O)c2cnccn2)CC1. The summed E-state index contributed by atoms with van der Waals surface area (Å²) in [6.07, 6.45) is 6.44. The number of hydrogen-bond acceptors (Lipinski definition) is 6. The number of carbonyl (C=O) groups is 1. The highest BCUT2D eigenvalue weighted by atomic mass is 16.4. The predicted molar refractivity (Wildman–Crippen MR) is 93.1 cm³/mol. The summed E-state index contributed by atoms with van der Waals surface area (Å²) >= 11 is 0. The number of rotatable bonds is 3. The highest BCUT2D eigenvalue weighted by molar-refractivity contribution is 5.92. The molecule has 0 radical (unpaired) electrons. The molecule has 1 amide bonds. The number of carbonyl (C=O) groups excluding carboxylic acids is 1. The van der Waals surface area contributed by atoms with Gasteiger partial charge in [-0.2, -0.15) is 0 Å². The monoisotopic (exact) mass is 343 g/mol. The normalized spacial score (nSPS) is 17.5. The number of hydrogen-bond donors (Lipinski definition) is 0. The lowest BCUT2D eigenvalue weighted by Crippen LogP contribution is -2.49. The summed E-state index contributed by atoms with van der Waals surface area (Å²) < 4.78 is 5.96. The first-order valence-corrected chi connectivity index (χ1v) is 8.62. The second-order valence-corrected chi connectivity index (χ2v) is 7.41. The second-order valence-electron chi connectivity index (χ2n) is 7.41. The molecule has 1 saturated heterocycles. The molecular formula is C18H25N5O2. The molecule has 7 heteroatoms. The van der Waals surface area contributed by atoms with E-state index < -0.39 is 0 Å². The van der Waals surface area contributed by atoms with Gasteiger partial charge in [0.2, 0.25) is 5.89 Å². The average molecular weight is 343 g/mol. The van der Waals surface area contributed by atoms with E-state index >= 15 is 0 Å². The van der Waals surface area contributed by atoms with Crippen LogP contribution in [0.3, 0.4) is 0 Å². The maximum Gasteiger partial charge on any atom is 0.274 e. The van der Waals surface area contributed by atoms with Crippen LogP contribution >= 0.6 is 0 Å². The molecule has 2 aromatic rings. The Morgan fingerprint density at radius 3 is 2.40 bits per heavy atom. The van der Waals surface area contributed by atoms with Crippen molar-refractivity contribution in [3.63, 3.8) is 0 Å². The Morgan fingerprint density at radius 2 is 1.84 bits per heavy atom. The van der Waals surface area contributed by atoms with Crippen molar-refractivity contribution < 1.29 is 9.21 Å². The summed E-state index contributed by atoms with van der Waals surface area (Å²) in [5, 5.41) is 0. The summed E-state index contributed by atoms with van der Waals surface area (Å²) in [7, 11) is 0. The van der Waals surface area contributed by atoms with Crippen molar-refractivity contribution in [2.24, 2.45) is 0 Å². The number of oxazole rings is 1. The lowest BCUT2D eigenvalue weighted by molar-refractivity contribution is 0.0550. The Morgan fingerprint density at radius 1 is 1.12 bits per heavy atom. The molecule has 7 nitrogen and oxygen atoms in total. The van der Waals surface area contributed by atoms with E-state index in [2.05, 4.69) is 47.5 Å². The Hall–Kier alpha value is -2.28. The van der Waals surface area contributed by atoms with Gasteiger partial charge in [-0.3, -0.25) is 14.7 Å². The molecular weight excluding hydrogens is 318 g/mol.